The molecule has 0 fully saturated rings. The molecule has 0 aliphatic rings. The highest BCUT2D eigenvalue weighted by Gasteiger charge is 2.31. The van der Waals surface area contributed by atoms with E-state index in [0.717, 1.165) is 28.9 Å². The number of carbonyl (C=O) groups is 1. The third-order valence-corrected chi connectivity index (χ3v) is 5.09. The first-order valence-corrected chi connectivity index (χ1v) is 9.51. The predicted octanol–water partition coefficient (Wildman–Crippen LogP) is 4.76. The Morgan fingerprint density at radius 1 is 1.20 bits per heavy atom. The average molecular weight is 421 g/mol. The maximum absolute atomic E-state index is 13.0. The van der Waals surface area contributed by atoms with Crippen molar-refractivity contribution in [2.24, 2.45) is 0 Å². The van der Waals surface area contributed by atoms with Gasteiger partial charge in [0, 0.05) is 6.42 Å². The highest BCUT2D eigenvalue weighted by molar-refractivity contribution is 5.75. The van der Waals surface area contributed by atoms with Gasteiger partial charge in [0.15, 0.2) is 0 Å². The Hall–Kier alpha value is -3.10. The Balaban J connectivity index is 2.09. The van der Waals surface area contributed by atoms with Crippen LogP contribution in [-0.2, 0) is 22.1 Å². The van der Waals surface area contributed by atoms with Gasteiger partial charge in [-0.05, 0) is 54.2 Å². The maximum atomic E-state index is 13.0. The van der Waals surface area contributed by atoms with E-state index in [1.54, 1.807) is 6.07 Å². The van der Waals surface area contributed by atoms with Crippen molar-refractivity contribution < 1.29 is 27.8 Å². The van der Waals surface area contributed by atoms with Crippen molar-refractivity contribution >= 4 is 17.0 Å². The van der Waals surface area contributed by atoms with Crippen LogP contribution < -0.4 is 0 Å². The lowest BCUT2D eigenvalue weighted by Crippen LogP contribution is -2.06. The Bertz CT molecular complexity index is 1080. The monoisotopic (exact) mass is 421 g/mol. The molecule has 0 amide bonds. The lowest BCUT2D eigenvalue weighted by atomic mass is 9.93. The molecule has 0 saturated carbocycles. The first-order valence-electron chi connectivity index (χ1n) is 9.51. The standard InChI is InChI=1S/C21H22F3N3O3/c1-4-12(2)15-9-13(5-8-19(28)30-3)10-18(20(15)29)27-25-16-7-6-14(21(22,23)24)11-17(16)26-27/h6-7,9-12,29H,4-5,8H2,1-3H3. The van der Waals surface area contributed by atoms with E-state index in [0.29, 0.717) is 12.0 Å². The van der Waals surface area contributed by atoms with Crippen molar-refractivity contribution in [2.75, 3.05) is 7.11 Å². The van der Waals surface area contributed by atoms with Crippen LogP contribution in [0.4, 0.5) is 13.2 Å². The first kappa shape index (κ1) is 21.6. The number of esters is 1. The largest absolute Gasteiger partial charge is 0.505 e. The second-order valence-electron chi connectivity index (χ2n) is 7.13. The number of hydrogen-bond acceptors (Lipinski definition) is 5. The van der Waals surface area contributed by atoms with Crippen LogP contribution >= 0.6 is 0 Å². The van der Waals surface area contributed by atoms with E-state index in [1.165, 1.54) is 13.2 Å². The number of aromatic hydroxyl groups is 1. The molecule has 1 atom stereocenters. The molecule has 3 aromatic rings. The number of hydrogen-bond donors (Lipinski definition) is 1. The lowest BCUT2D eigenvalue weighted by Gasteiger charge is -2.16. The van der Waals surface area contributed by atoms with Gasteiger partial charge in [0.25, 0.3) is 0 Å². The van der Waals surface area contributed by atoms with Gasteiger partial charge in [-0.25, -0.2) is 0 Å². The minimum absolute atomic E-state index is 0.0173. The van der Waals surface area contributed by atoms with Gasteiger partial charge in [-0.1, -0.05) is 19.9 Å². The second kappa shape index (κ2) is 8.33. The van der Waals surface area contributed by atoms with E-state index in [-0.39, 0.29) is 40.8 Å². The van der Waals surface area contributed by atoms with Crippen molar-refractivity contribution in [3.05, 3.63) is 47.0 Å². The summed E-state index contributed by atoms with van der Waals surface area (Å²) in [5.74, 6) is -0.386. The van der Waals surface area contributed by atoms with Crippen molar-refractivity contribution in [2.45, 2.75) is 45.2 Å². The number of halogens is 3. The van der Waals surface area contributed by atoms with Gasteiger partial charge in [-0.3, -0.25) is 4.79 Å². The predicted molar refractivity (Wildman–Crippen MR) is 105 cm³/mol. The minimum Gasteiger partial charge on any atom is -0.505 e. The van der Waals surface area contributed by atoms with Crippen LogP contribution in [0.2, 0.25) is 0 Å². The van der Waals surface area contributed by atoms with Crippen molar-refractivity contribution in [3.8, 4) is 11.4 Å². The summed E-state index contributed by atoms with van der Waals surface area (Å²) in [6.07, 6.45) is -3.19. The van der Waals surface area contributed by atoms with E-state index in [1.807, 2.05) is 19.9 Å². The number of nitrogens with zero attached hydrogens (tertiary/aromatic N) is 3. The van der Waals surface area contributed by atoms with Crippen molar-refractivity contribution in [3.63, 3.8) is 0 Å². The van der Waals surface area contributed by atoms with Crippen LogP contribution in [0.3, 0.4) is 0 Å². The van der Waals surface area contributed by atoms with Gasteiger partial charge in [0.2, 0.25) is 0 Å². The van der Waals surface area contributed by atoms with Gasteiger partial charge in [0.1, 0.15) is 22.5 Å². The van der Waals surface area contributed by atoms with Crippen molar-refractivity contribution in [1.82, 2.24) is 15.0 Å². The SMILES string of the molecule is CCC(C)c1cc(CCC(=O)OC)cc(-n2nc3ccc(C(F)(F)F)cc3n2)c1O. The maximum Gasteiger partial charge on any atom is 0.416 e. The fraction of sp³-hybridized carbons (Fsp3) is 0.381. The molecule has 1 N–H and O–H groups in total. The zero-order chi connectivity index (χ0) is 22.1. The summed E-state index contributed by atoms with van der Waals surface area (Å²) in [5, 5.41) is 19.2. The number of aromatic nitrogens is 3. The molecule has 1 unspecified atom stereocenters. The Kier molecular flexibility index (Phi) is 6.00. The number of carbonyl (C=O) groups excluding carboxylic acids is 1. The molecular formula is C21H22F3N3O3. The zero-order valence-corrected chi connectivity index (χ0v) is 16.8. The molecule has 9 heteroatoms. The number of aryl methyl sites for hydroxylation is 1. The van der Waals surface area contributed by atoms with Crippen LogP contribution in [0.15, 0.2) is 30.3 Å². The highest BCUT2D eigenvalue weighted by Crippen LogP contribution is 2.35. The highest BCUT2D eigenvalue weighted by atomic mass is 19.4. The van der Waals surface area contributed by atoms with Crippen LogP contribution in [-0.4, -0.2) is 33.2 Å². The Labute approximate surface area is 171 Å². The molecule has 6 nitrogen and oxygen atoms in total. The number of phenolic OH excluding ortho intramolecular Hbond substituents is 1. The molecule has 0 radical (unpaired) electrons. The van der Waals surface area contributed by atoms with E-state index in [4.69, 9.17) is 0 Å². The van der Waals surface area contributed by atoms with Gasteiger partial charge in [-0.15, -0.1) is 15.0 Å². The number of fused-ring (bicyclic) bond motifs is 1. The van der Waals surface area contributed by atoms with E-state index in [9.17, 15) is 23.1 Å². The topological polar surface area (TPSA) is 77.2 Å². The quantitative estimate of drug-likeness (QED) is 0.581. The van der Waals surface area contributed by atoms with Crippen molar-refractivity contribution in [1.29, 1.82) is 0 Å². The summed E-state index contributed by atoms with van der Waals surface area (Å²) in [6.45, 7) is 3.93. The van der Waals surface area contributed by atoms with Crippen LogP contribution in [0.25, 0.3) is 16.7 Å². The Morgan fingerprint density at radius 3 is 2.53 bits per heavy atom. The third-order valence-electron chi connectivity index (χ3n) is 5.09. The molecule has 2 aromatic carbocycles. The van der Waals surface area contributed by atoms with Crippen LogP contribution in [0.5, 0.6) is 5.75 Å². The van der Waals surface area contributed by atoms with E-state index < -0.39 is 11.7 Å². The third kappa shape index (κ3) is 4.39. The number of methoxy groups -OCH3 is 1. The molecule has 0 saturated heterocycles. The van der Waals surface area contributed by atoms with Crippen LogP contribution in [0.1, 0.15) is 49.3 Å². The first-order chi connectivity index (χ1) is 14.1. The summed E-state index contributed by atoms with van der Waals surface area (Å²) in [6, 6.07) is 6.56. The number of ether oxygens (including phenoxy) is 1. The second-order valence-corrected chi connectivity index (χ2v) is 7.13. The molecular weight excluding hydrogens is 399 g/mol. The fourth-order valence-corrected chi connectivity index (χ4v) is 3.14. The molecule has 0 spiro atoms. The zero-order valence-electron chi connectivity index (χ0n) is 16.8. The summed E-state index contributed by atoms with van der Waals surface area (Å²) >= 11 is 0. The molecule has 0 aliphatic heterocycles. The van der Waals surface area contributed by atoms with Gasteiger partial charge in [0.05, 0.1) is 12.7 Å². The summed E-state index contributed by atoms with van der Waals surface area (Å²) in [7, 11) is 1.31. The van der Waals surface area contributed by atoms with E-state index in [2.05, 4.69) is 14.9 Å². The smallest absolute Gasteiger partial charge is 0.416 e. The van der Waals surface area contributed by atoms with Gasteiger partial charge >= 0.3 is 12.1 Å². The number of phenols is 1. The molecule has 3 rings (SSSR count). The Morgan fingerprint density at radius 2 is 1.90 bits per heavy atom. The summed E-state index contributed by atoms with van der Waals surface area (Å²) in [4.78, 5) is 12.7. The lowest BCUT2D eigenvalue weighted by molar-refractivity contribution is -0.140. The molecule has 0 bridgehead atoms. The normalized spacial score (nSPS) is 12.9. The van der Waals surface area contributed by atoms with E-state index >= 15 is 0 Å². The van der Waals surface area contributed by atoms with Crippen LogP contribution in [0, 0.1) is 0 Å². The number of benzene rings is 2. The summed E-state index contributed by atoms with van der Waals surface area (Å²) < 4.78 is 43.6. The van der Waals surface area contributed by atoms with Gasteiger partial charge < -0.3 is 9.84 Å². The molecule has 160 valence electrons. The molecule has 30 heavy (non-hydrogen) atoms. The summed E-state index contributed by atoms with van der Waals surface area (Å²) in [5.41, 5.74) is 1.19. The molecule has 1 aromatic heterocycles. The fourth-order valence-electron chi connectivity index (χ4n) is 3.14. The average Bonchev–Trinajstić information content (AvgIpc) is 3.14. The molecule has 0 aliphatic carbocycles. The molecule has 1 heterocycles. The van der Waals surface area contributed by atoms with Gasteiger partial charge in [-0.2, -0.15) is 13.2 Å². The minimum atomic E-state index is -4.49. The number of rotatable bonds is 6. The number of alkyl halides is 3.